The third-order valence-corrected chi connectivity index (χ3v) is 5.08. The number of nitrogens with one attached hydrogen (secondary N) is 1. The average Bonchev–Trinajstić information content (AvgIpc) is 2.99. The lowest BCUT2D eigenvalue weighted by atomic mass is 9.93. The minimum Gasteiger partial charge on any atom is -0.497 e. The van der Waals surface area contributed by atoms with Gasteiger partial charge in [0.15, 0.2) is 0 Å². The van der Waals surface area contributed by atoms with Crippen molar-refractivity contribution >= 4 is 11.8 Å². The first-order valence-electron chi connectivity index (χ1n) is 6.41. The van der Waals surface area contributed by atoms with Crippen LogP contribution in [0.15, 0.2) is 23.1 Å². The van der Waals surface area contributed by atoms with Gasteiger partial charge >= 0.3 is 0 Å². The number of ether oxygens (including phenoxy) is 1. The summed E-state index contributed by atoms with van der Waals surface area (Å²) in [5.41, 5.74) is 1.50. The zero-order valence-corrected chi connectivity index (χ0v) is 11.1. The van der Waals surface area contributed by atoms with Crippen LogP contribution in [0, 0.1) is 0 Å². The molecule has 0 aliphatic carbocycles. The van der Waals surface area contributed by atoms with Crippen molar-refractivity contribution in [3.05, 3.63) is 23.8 Å². The van der Waals surface area contributed by atoms with Crippen molar-refractivity contribution in [1.29, 1.82) is 0 Å². The number of methoxy groups -OCH3 is 1. The second-order valence-electron chi connectivity index (χ2n) is 4.94. The summed E-state index contributed by atoms with van der Waals surface area (Å²) in [6.07, 6.45) is 3.98. The molecule has 17 heavy (non-hydrogen) atoms. The molecule has 0 radical (unpaired) electrons. The molecule has 0 saturated carbocycles. The van der Waals surface area contributed by atoms with E-state index in [1.165, 1.54) is 42.0 Å². The Morgan fingerprint density at radius 3 is 3.18 bits per heavy atom. The Labute approximate surface area is 107 Å². The number of fused-ring (bicyclic) bond motifs is 1. The average molecular weight is 249 g/mol. The van der Waals surface area contributed by atoms with Crippen molar-refractivity contribution in [1.82, 2.24) is 5.32 Å². The molecule has 2 heterocycles. The molecule has 0 aromatic heterocycles. The van der Waals surface area contributed by atoms with E-state index in [1.807, 2.05) is 11.8 Å². The maximum Gasteiger partial charge on any atom is 0.119 e. The predicted octanol–water partition coefficient (Wildman–Crippen LogP) is 3.03. The van der Waals surface area contributed by atoms with Gasteiger partial charge in [-0.25, -0.2) is 0 Å². The zero-order chi connectivity index (χ0) is 11.7. The first kappa shape index (κ1) is 11.4. The van der Waals surface area contributed by atoms with Crippen molar-refractivity contribution in [2.45, 2.75) is 36.1 Å². The van der Waals surface area contributed by atoms with Crippen LogP contribution in [0.5, 0.6) is 5.75 Å². The first-order chi connectivity index (χ1) is 8.36. The molecule has 1 aromatic rings. The fourth-order valence-electron chi connectivity index (χ4n) is 2.88. The van der Waals surface area contributed by atoms with Crippen LogP contribution in [-0.2, 0) is 0 Å². The SMILES string of the molecule is COc1ccc2c(c1)C(C[C@H]1CCCN1)CS2. The monoisotopic (exact) mass is 249 g/mol. The predicted molar refractivity (Wildman–Crippen MR) is 72.1 cm³/mol. The van der Waals surface area contributed by atoms with Crippen LogP contribution >= 0.6 is 11.8 Å². The highest BCUT2D eigenvalue weighted by atomic mass is 32.2. The van der Waals surface area contributed by atoms with E-state index >= 15 is 0 Å². The molecule has 1 unspecified atom stereocenters. The Morgan fingerprint density at radius 1 is 1.47 bits per heavy atom. The van der Waals surface area contributed by atoms with E-state index in [1.54, 1.807) is 7.11 Å². The van der Waals surface area contributed by atoms with Crippen LogP contribution in [-0.4, -0.2) is 25.4 Å². The van der Waals surface area contributed by atoms with Gasteiger partial charge < -0.3 is 10.1 Å². The minimum atomic E-state index is 0.709. The van der Waals surface area contributed by atoms with Crippen LogP contribution in [0.3, 0.4) is 0 Å². The van der Waals surface area contributed by atoms with Crippen molar-refractivity contribution in [2.75, 3.05) is 19.4 Å². The summed E-state index contributed by atoms with van der Waals surface area (Å²) in [7, 11) is 1.75. The maximum atomic E-state index is 5.33. The summed E-state index contributed by atoms with van der Waals surface area (Å²) in [6, 6.07) is 7.25. The molecule has 2 atom stereocenters. The molecular formula is C14H19NOS. The summed E-state index contributed by atoms with van der Waals surface area (Å²) in [4.78, 5) is 1.45. The van der Waals surface area contributed by atoms with Crippen LogP contribution in [0.1, 0.15) is 30.7 Å². The highest BCUT2D eigenvalue weighted by molar-refractivity contribution is 7.99. The largest absolute Gasteiger partial charge is 0.497 e. The van der Waals surface area contributed by atoms with E-state index in [4.69, 9.17) is 4.74 Å². The standard InChI is InChI=1S/C14H19NOS/c1-16-12-4-5-14-13(8-12)10(9-17-14)7-11-3-2-6-15-11/h4-5,8,10-11,15H,2-3,6-7,9H2,1H3/t10?,11-/m1/s1. The molecule has 2 aliphatic rings. The highest BCUT2D eigenvalue weighted by Crippen LogP contribution is 2.43. The van der Waals surface area contributed by atoms with Crippen molar-refractivity contribution in [2.24, 2.45) is 0 Å². The van der Waals surface area contributed by atoms with Gasteiger partial charge in [0.05, 0.1) is 7.11 Å². The summed E-state index contributed by atoms with van der Waals surface area (Å²) in [6.45, 7) is 1.20. The number of rotatable bonds is 3. The van der Waals surface area contributed by atoms with Crippen molar-refractivity contribution < 1.29 is 4.74 Å². The van der Waals surface area contributed by atoms with E-state index < -0.39 is 0 Å². The fraction of sp³-hybridized carbons (Fsp3) is 0.571. The Hall–Kier alpha value is -0.670. The van der Waals surface area contributed by atoms with Gasteiger partial charge in [-0.05, 0) is 55.5 Å². The molecule has 0 spiro atoms. The summed E-state index contributed by atoms with van der Waals surface area (Å²) >= 11 is 2.00. The Bertz CT molecular complexity index is 401. The summed E-state index contributed by atoms with van der Waals surface area (Å²) in [5.74, 6) is 2.94. The Kier molecular flexibility index (Phi) is 3.30. The van der Waals surface area contributed by atoms with Crippen LogP contribution in [0.25, 0.3) is 0 Å². The lowest BCUT2D eigenvalue weighted by Crippen LogP contribution is -2.23. The lowest BCUT2D eigenvalue weighted by molar-refractivity contribution is 0.413. The molecule has 1 fully saturated rings. The van der Waals surface area contributed by atoms with Crippen LogP contribution < -0.4 is 10.1 Å². The Balaban J connectivity index is 1.76. The zero-order valence-electron chi connectivity index (χ0n) is 10.2. The molecule has 0 bridgehead atoms. The Morgan fingerprint density at radius 2 is 2.41 bits per heavy atom. The van der Waals surface area contributed by atoms with Gasteiger partial charge in [-0.3, -0.25) is 0 Å². The summed E-state index contributed by atoms with van der Waals surface area (Å²) in [5, 5.41) is 3.60. The first-order valence-corrected chi connectivity index (χ1v) is 7.39. The van der Waals surface area contributed by atoms with Crippen molar-refractivity contribution in [3.63, 3.8) is 0 Å². The van der Waals surface area contributed by atoms with Gasteiger partial charge in [-0.2, -0.15) is 0 Å². The number of hydrogen-bond acceptors (Lipinski definition) is 3. The van der Waals surface area contributed by atoms with Gasteiger partial charge in [0.2, 0.25) is 0 Å². The smallest absolute Gasteiger partial charge is 0.119 e. The molecule has 1 saturated heterocycles. The van der Waals surface area contributed by atoms with Gasteiger partial charge in [0.1, 0.15) is 5.75 Å². The van der Waals surface area contributed by atoms with Gasteiger partial charge in [-0.15, -0.1) is 11.8 Å². The molecule has 2 nitrogen and oxygen atoms in total. The molecule has 3 heteroatoms. The lowest BCUT2D eigenvalue weighted by Gasteiger charge is -2.16. The molecule has 2 aliphatic heterocycles. The molecule has 0 amide bonds. The van der Waals surface area contributed by atoms with Gasteiger partial charge in [-0.1, -0.05) is 0 Å². The van der Waals surface area contributed by atoms with Gasteiger partial charge in [0, 0.05) is 16.7 Å². The minimum absolute atomic E-state index is 0.709. The molecule has 92 valence electrons. The van der Waals surface area contributed by atoms with E-state index in [-0.39, 0.29) is 0 Å². The fourth-order valence-corrected chi connectivity index (χ4v) is 4.13. The number of benzene rings is 1. The normalized spacial score (nSPS) is 27.1. The van der Waals surface area contributed by atoms with E-state index in [2.05, 4.69) is 23.5 Å². The molecule has 1 aromatic carbocycles. The second-order valence-corrected chi connectivity index (χ2v) is 6.00. The van der Waals surface area contributed by atoms with Crippen molar-refractivity contribution in [3.8, 4) is 5.75 Å². The topological polar surface area (TPSA) is 21.3 Å². The molecular weight excluding hydrogens is 230 g/mol. The number of hydrogen-bond donors (Lipinski definition) is 1. The third-order valence-electron chi connectivity index (χ3n) is 3.83. The highest BCUT2D eigenvalue weighted by Gasteiger charge is 2.27. The molecule has 3 rings (SSSR count). The maximum absolute atomic E-state index is 5.33. The molecule has 1 N–H and O–H groups in total. The van der Waals surface area contributed by atoms with Gasteiger partial charge in [0.25, 0.3) is 0 Å². The van der Waals surface area contributed by atoms with Crippen LogP contribution in [0.4, 0.5) is 0 Å². The second kappa shape index (κ2) is 4.91. The van der Waals surface area contributed by atoms with E-state index in [0.29, 0.717) is 5.92 Å². The van der Waals surface area contributed by atoms with Crippen LogP contribution in [0.2, 0.25) is 0 Å². The summed E-state index contributed by atoms with van der Waals surface area (Å²) < 4.78 is 5.33. The van der Waals surface area contributed by atoms with E-state index in [9.17, 15) is 0 Å². The van der Waals surface area contributed by atoms with E-state index in [0.717, 1.165) is 11.8 Å². The number of thioether (sulfide) groups is 1. The third kappa shape index (κ3) is 2.31. The quantitative estimate of drug-likeness (QED) is 0.889.